The molecule has 2 saturated heterocycles. The molecule has 0 aliphatic carbocycles. The van der Waals surface area contributed by atoms with Gasteiger partial charge in [0.05, 0.1) is 16.5 Å². The minimum Gasteiger partial charge on any atom is -0.325 e. The number of nitro benzene ring substituents is 1. The van der Waals surface area contributed by atoms with Crippen LogP contribution in [0.3, 0.4) is 0 Å². The van der Waals surface area contributed by atoms with E-state index in [0.717, 1.165) is 24.8 Å². The van der Waals surface area contributed by atoms with Crippen molar-refractivity contribution in [3.05, 3.63) is 33.4 Å². The van der Waals surface area contributed by atoms with E-state index >= 15 is 0 Å². The van der Waals surface area contributed by atoms with Gasteiger partial charge in [-0.1, -0.05) is 0 Å². The quantitative estimate of drug-likeness (QED) is 0.660. The minimum atomic E-state index is -0.413. The van der Waals surface area contributed by atoms with Crippen molar-refractivity contribution in [2.45, 2.75) is 45.2 Å². The van der Waals surface area contributed by atoms with Crippen LogP contribution >= 0.6 is 0 Å². The molecule has 2 aliphatic heterocycles. The first-order valence-corrected chi connectivity index (χ1v) is 7.28. The van der Waals surface area contributed by atoms with E-state index < -0.39 is 4.92 Å². The fraction of sp³-hybridized carbons (Fsp3) is 0.533. The first kappa shape index (κ1) is 14.0. The Morgan fingerprint density at radius 2 is 2.10 bits per heavy atom. The van der Waals surface area contributed by atoms with Crippen LogP contribution in [-0.4, -0.2) is 22.9 Å². The number of hydrogen-bond donors (Lipinski definition) is 2. The van der Waals surface area contributed by atoms with Crippen molar-refractivity contribution in [2.75, 3.05) is 5.32 Å². The summed E-state index contributed by atoms with van der Waals surface area (Å²) in [5, 5.41) is 17.3. The predicted molar refractivity (Wildman–Crippen MR) is 79.3 cm³/mol. The normalized spacial score (nSPS) is 26.9. The maximum Gasteiger partial charge on any atom is 0.274 e. The molecule has 2 N–H and O–H groups in total. The molecule has 1 aromatic carbocycles. The first-order chi connectivity index (χ1) is 9.95. The summed E-state index contributed by atoms with van der Waals surface area (Å²) in [6, 6.07) is 3.92. The highest BCUT2D eigenvalue weighted by molar-refractivity contribution is 5.94. The van der Waals surface area contributed by atoms with Crippen molar-refractivity contribution in [2.24, 2.45) is 5.92 Å². The number of anilines is 1. The van der Waals surface area contributed by atoms with Crippen LogP contribution in [0.25, 0.3) is 0 Å². The topological polar surface area (TPSA) is 84.3 Å². The van der Waals surface area contributed by atoms with E-state index in [-0.39, 0.29) is 23.6 Å². The third-order valence-electron chi connectivity index (χ3n) is 4.63. The number of hydrogen-bond acceptors (Lipinski definition) is 4. The molecule has 1 amide bonds. The number of nitrogens with one attached hydrogen (secondary N) is 2. The molecule has 21 heavy (non-hydrogen) atoms. The molecule has 6 nitrogen and oxygen atoms in total. The molecular weight excluding hydrogens is 270 g/mol. The lowest BCUT2D eigenvalue weighted by atomic mass is 9.88. The second kappa shape index (κ2) is 5.11. The van der Waals surface area contributed by atoms with Crippen molar-refractivity contribution in [1.29, 1.82) is 0 Å². The molecule has 3 atom stereocenters. The molecule has 3 unspecified atom stereocenters. The second-order valence-corrected chi connectivity index (χ2v) is 6.09. The summed E-state index contributed by atoms with van der Waals surface area (Å²) in [4.78, 5) is 23.0. The molecule has 2 fully saturated rings. The Morgan fingerprint density at radius 1 is 1.33 bits per heavy atom. The molecule has 0 saturated carbocycles. The lowest BCUT2D eigenvalue weighted by molar-refractivity contribution is -0.385. The monoisotopic (exact) mass is 289 g/mol. The van der Waals surface area contributed by atoms with Crippen LogP contribution in [0.2, 0.25) is 0 Å². The molecule has 0 aromatic heterocycles. The molecule has 0 spiro atoms. The van der Waals surface area contributed by atoms with E-state index in [1.807, 2.05) is 6.92 Å². The van der Waals surface area contributed by atoms with Crippen molar-refractivity contribution >= 4 is 17.3 Å². The molecule has 2 aliphatic rings. The fourth-order valence-corrected chi connectivity index (χ4v) is 3.51. The number of fused-ring (bicyclic) bond motifs is 2. The van der Waals surface area contributed by atoms with Crippen LogP contribution in [0.5, 0.6) is 0 Å². The Balaban J connectivity index is 1.80. The molecule has 1 aromatic rings. The summed E-state index contributed by atoms with van der Waals surface area (Å²) in [6.07, 6.45) is 3.04. The van der Waals surface area contributed by atoms with E-state index in [0.29, 0.717) is 17.3 Å². The average Bonchev–Trinajstić information content (AvgIpc) is 3.03. The van der Waals surface area contributed by atoms with Gasteiger partial charge >= 0.3 is 0 Å². The zero-order valence-electron chi connectivity index (χ0n) is 12.2. The number of benzene rings is 1. The summed E-state index contributed by atoms with van der Waals surface area (Å²) >= 11 is 0. The Labute approximate surface area is 123 Å². The SMILES string of the molecule is Cc1cc(C)c([N+](=O)[O-])cc1NC(=O)C1CC2CCC1N2. The number of carbonyl (C=O) groups excluding carboxylic acids is 1. The molecule has 2 heterocycles. The zero-order valence-corrected chi connectivity index (χ0v) is 12.2. The summed E-state index contributed by atoms with van der Waals surface area (Å²) in [5.41, 5.74) is 2.04. The van der Waals surface area contributed by atoms with E-state index in [1.165, 1.54) is 6.07 Å². The van der Waals surface area contributed by atoms with Crippen molar-refractivity contribution in [1.82, 2.24) is 5.32 Å². The molecule has 3 rings (SSSR count). The van der Waals surface area contributed by atoms with Gasteiger partial charge in [-0.15, -0.1) is 0 Å². The number of aryl methyl sites for hydroxylation is 2. The van der Waals surface area contributed by atoms with Gasteiger partial charge in [0.15, 0.2) is 0 Å². The van der Waals surface area contributed by atoms with Crippen molar-refractivity contribution in [3.8, 4) is 0 Å². The number of nitrogens with zero attached hydrogens (tertiary/aromatic N) is 1. The van der Waals surface area contributed by atoms with Crippen LogP contribution in [-0.2, 0) is 4.79 Å². The van der Waals surface area contributed by atoms with Gasteiger partial charge in [0.25, 0.3) is 5.69 Å². The Hall–Kier alpha value is -1.95. The maximum absolute atomic E-state index is 12.4. The smallest absolute Gasteiger partial charge is 0.274 e. The van der Waals surface area contributed by atoms with E-state index in [2.05, 4.69) is 10.6 Å². The summed E-state index contributed by atoms with van der Waals surface area (Å²) in [6.45, 7) is 3.56. The first-order valence-electron chi connectivity index (χ1n) is 7.28. The summed E-state index contributed by atoms with van der Waals surface area (Å²) in [7, 11) is 0. The second-order valence-electron chi connectivity index (χ2n) is 6.09. The van der Waals surface area contributed by atoms with Gasteiger partial charge in [0, 0.05) is 23.7 Å². The van der Waals surface area contributed by atoms with E-state index in [1.54, 1.807) is 13.0 Å². The van der Waals surface area contributed by atoms with Crippen molar-refractivity contribution in [3.63, 3.8) is 0 Å². The van der Waals surface area contributed by atoms with Gasteiger partial charge in [-0.25, -0.2) is 0 Å². The number of carbonyl (C=O) groups is 1. The third kappa shape index (κ3) is 2.51. The Bertz CT molecular complexity index is 614. The Morgan fingerprint density at radius 3 is 2.67 bits per heavy atom. The van der Waals surface area contributed by atoms with Crippen LogP contribution < -0.4 is 10.6 Å². The number of rotatable bonds is 3. The molecule has 2 bridgehead atoms. The van der Waals surface area contributed by atoms with Crippen molar-refractivity contribution < 1.29 is 9.72 Å². The summed E-state index contributed by atoms with van der Waals surface area (Å²) in [5.74, 6) is -0.0561. The van der Waals surface area contributed by atoms with Gasteiger partial charge in [0.1, 0.15) is 0 Å². The number of nitro groups is 1. The molecule has 0 radical (unpaired) electrons. The highest BCUT2D eigenvalue weighted by Gasteiger charge is 2.42. The van der Waals surface area contributed by atoms with Crippen LogP contribution in [0.1, 0.15) is 30.4 Å². The fourth-order valence-electron chi connectivity index (χ4n) is 3.51. The van der Waals surface area contributed by atoms with Crippen LogP contribution in [0, 0.1) is 29.9 Å². The summed E-state index contributed by atoms with van der Waals surface area (Å²) < 4.78 is 0. The van der Waals surface area contributed by atoms with Gasteiger partial charge in [-0.05, 0) is 44.7 Å². The standard InChI is InChI=1S/C15H19N3O3/c1-8-5-9(2)14(18(20)21)7-13(8)17-15(19)11-6-10-3-4-12(11)16-10/h5,7,10-12,16H,3-4,6H2,1-2H3,(H,17,19). The minimum absolute atomic E-state index is 0.0245. The van der Waals surface area contributed by atoms with Gasteiger partial charge in [-0.2, -0.15) is 0 Å². The van der Waals surface area contributed by atoms with Crippen LogP contribution in [0.15, 0.2) is 12.1 Å². The number of amides is 1. The Kier molecular flexibility index (Phi) is 3.41. The molecule has 6 heteroatoms. The highest BCUT2D eigenvalue weighted by atomic mass is 16.6. The lowest BCUT2D eigenvalue weighted by Crippen LogP contribution is -2.33. The van der Waals surface area contributed by atoms with E-state index in [4.69, 9.17) is 0 Å². The van der Waals surface area contributed by atoms with Gasteiger partial charge in [0.2, 0.25) is 5.91 Å². The van der Waals surface area contributed by atoms with E-state index in [9.17, 15) is 14.9 Å². The molecular formula is C15H19N3O3. The highest BCUT2D eigenvalue weighted by Crippen LogP contribution is 2.34. The van der Waals surface area contributed by atoms with Gasteiger partial charge < -0.3 is 10.6 Å². The molecule has 112 valence electrons. The predicted octanol–water partition coefficient (Wildman–Crippen LogP) is 2.29. The maximum atomic E-state index is 12.4. The van der Waals surface area contributed by atoms with Gasteiger partial charge in [-0.3, -0.25) is 14.9 Å². The average molecular weight is 289 g/mol. The van der Waals surface area contributed by atoms with Crippen LogP contribution in [0.4, 0.5) is 11.4 Å². The largest absolute Gasteiger partial charge is 0.325 e. The third-order valence-corrected chi connectivity index (χ3v) is 4.63. The lowest BCUT2D eigenvalue weighted by Gasteiger charge is -2.20. The zero-order chi connectivity index (χ0) is 15.1.